The molecule has 0 radical (unpaired) electrons. The Hall–Kier alpha value is -0.890. The molecule has 1 fully saturated rings. The van der Waals surface area contributed by atoms with Gasteiger partial charge in [-0.1, -0.05) is 31.7 Å². The third-order valence-corrected chi connectivity index (χ3v) is 4.21. The smallest absolute Gasteiger partial charge is 0.128 e. The number of benzene rings is 1. The molecule has 1 unspecified atom stereocenters. The van der Waals surface area contributed by atoms with Crippen molar-refractivity contribution < 1.29 is 4.39 Å². The molecule has 1 aromatic rings. The van der Waals surface area contributed by atoms with Crippen molar-refractivity contribution in [2.75, 3.05) is 0 Å². The van der Waals surface area contributed by atoms with Crippen LogP contribution in [-0.2, 0) is 0 Å². The average Bonchev–Trinajstić information content (AvgIpc) is 2.77. The number of halogens is 1. The molecule has 1 nitrogen and oxygen atoms in total. The molecule has 0 saturated heterocycles. The van der Waals surface area contributed by atoms with Crippen LogP contribution >= 0.6 is 0 Å². The fraction of sp³-hybridized carbons (Fsp3) is 0.625. The van der Waals surface area contributed by atoms with E-state index in [-0.39, 0.29) is 11.9 Å². The molecule has 0 heterocycles. The number of nitrogens with two attached hydrogens (primary N) is 1. The molecule has 1 atom stereocenters. The van der Waals surface area contributed by atoms with Gasteiger partial charge in [0.2, 0.25) is 0 Å². The van der Waals surface area contributed by atoms with Gasteiger partial charge in [0.1, 0.15) is 5.82 Å². The molecule has 18 heavy (non-hydrogen) atoms. The molecular formula is C16H24FN. The normalized spacial score (nSPS) is 18.2. The SMILES string of the molecule is Cc1cc(C)c(C(N)CCC2CCCC2)c(F)c1. The van der Waals surface area contributed by atoms with E-state index in [0.717, 1.165) is 35.4 Å². The van der Waals surface area contributed by atoms with Gasteiger partial charge in [-0.15, -0.1) is 0 Å². The number of hydrogen-bond acceptors (Lipinski definition) is 1. The quantitative estimate of drug-likeness (QED) is 0.840. The van der Waals surface area contributed by atoms with Crippen LogP contribution in [0.15, 0.2) is 12.1 Å². The predicted molar refractivity (Wildman–Crippen MR) is 74.0 cm³/mol. The van der Waals surface area contributed by atoms with Gasteiger partial charge in [0.05, 0.1) is 0 Å². The van der Waals surface area contributed by atoms with Gasteiger partial charge in [-0.05, 0) is 49.8 Å². The zero-order valence-corrected chi connectivity index (χ0v) is 11.5. The van der Waals surface area contributed by atoms with E-state index < -0.39 is 0 Å². The van der Waals surface area contributed by atoms with Crippen LogP contribution in [0.2, 0.25) is 0 Å². The van der Waals surface area contributed by atoms with E-state index in [2.05, 4.69) is 0 Å². The standard InChI is InChI=1S/C16H24FN/c1-11-9-12(2)16(14(17)10-11)15(18)8-7-13-5-3-4-6-13/h9-10,13,15H,3-8,18H2,1-2H3. The van der Waals surface area contributed by atoms with Gasteiger partial charge in [0, 0.05) is 11.6 Å². The van der Waals surface area contributed by atoms with Crippen LogP contribution < -0.4 is 5.73 Å². The van der Waals surface area contributed by atoms with E-state index in [4.69, 9.17) is 5.73 Å². The molecule has 0 amide bonds. The molecule has 0 bridgehead atoms. The second-order valence-electron chi connectivity index (χ2n) is 5.81. The first-order chi connectivity index (χ1) is 8.58. The van der Waals surface area contributed by atoms with E-state index in [1.807, 2.05) is 19.9 Å². The van der Waals surface area contributed by atoms with Gasteiger partial charge in [-0.25, -0.2) is 4.39 Å². The first-order valence-electron chi connectivity index (χ1n) is 7.10. The van der Waals surface area contributed by atoms with Crippen molar-refractivity contribution in [2.45, 2.75) is 58.4 Å². The summed E-state index contributed by atoms with van der Waals surface area (Å²) in [5.74, 6) is 0.691. The van der Waals surface area contributed by atoms with Crippen molar-refractivity contribution in [3.8, 4) is 0 Å². The maximum absolute atomic E-state index is 14.0. The monoisotopic (exact) mass is 249 g/mol. The van der Waals surface area contributed by atoms with Gasteiger partial charge >= 0.3 is 0 Å². The minimum atomic E-state index is -0.147. The number of aryl methyl sites for hydroxylation is 2. The maximum Gasteiger partial charge on any atom is 0.128 e. The third-order valence-electron chi connectivity index (χ3n) is 4.21. The lowest BCUT2D eigenvalue weighted by Gasteiger charge is -2.18. The molecule has 0 aromatic heterocycles. The lowest BCUT2D eigenvalue weighted by atomic mass is 9.92. The Morgan fingerprint density at radius 2 is 1.94 bits per heavy atom. The summed E-state index contributed by atoms with van der Waals surface area (Å²) in [4.78, 5) is 0. The minimum absolute atomic E-state index is 0.133. The molecular weight excluding hydrogens is 225 g/mol. The first-order valence-corrected chi connectivity index (χ1v) is 7.10. The topological polar surface area (TPSA) is 26.0 Å². The van der Waals surface area contributed by atoms with Crippen molar-refractivity contribution in [3.63, 3.8) is 0 Å². The molecule has 2 rings (SSSR count). The van der Waals surface area contributed by atoms with Crippen LogP contribution in [0, 0.1) is 25.6 Å². The fourth-order valence-electron chi connectivity index (χ4n) is 3.26. The molecule has 100 valence electrons. The van der Waals surface area contributed by atoms with Crippen LogP contribution in [0.25, 0.3) is 0 Å². The molecule has 1 aromatic carbocycles. The Balaban J connectivity index is 2.01. The molecule has 0 spiro atoms. The summed E-state index contributed by atoms with van der Waals surface area (Å²) < 4.78 is 14.0. The highest BCUT2D eigenvalue weighted by molar-refractivity contribution is 5.34. The van der Waals surface area contributed by atoms with E-state index in [1.54, 1.807) is 6.07 Å². The molecule has 1 aliphatic carbocycles. The van der Waals surface area contributed by atoms with Crippen molar-refractivity contribution in [3.05, 3.63) is 34.6 Å². The van der Waals surface area contributed by atoms with E-state index in [0.29, 0.717) is 0 Å². The zero-order valence-electron chi connectivity index (χ0n) is 11.5. The van der Waals surface area contributed by atoms with Gasteiger partial charge in [-0.2, -0.15) is 0 Å². The number of rotatable bonds is 4. The van der Waals surface area contributed by atoms with Crippen LogP contribution in [-0.4, -0.2) is 0 Å². The van der Waals surface area contributed by atoms with Crippen LogP contribution in [0.3, 0.4) is 0 Å². The minimum Gasteiger partial charge on any atom is -0.324 e. The van der Waals surface area contributed by atoms with Crippen molar-refractivity contribution in [1.82, 2.24) is 0 Å². The fourth-order valence-corrected chi connectivity index (χ4v) is 3.26. The Bertz CT molecular complexity index is 385. The molecule has 2 N–H and O–H groups in total. The lowest BCUT2D eigenvalue weighted by molar-refractivity contribution is 0.445. The summed E-state index contributed by atoms with van der Waals surface area (Å²) in [6, 6.07) is 3.47. The maximum atomic E-state index is 14.0. The lowest BCUT2D eigenvalue weighted by Crippen LogP contribution is -2.15. The van der Waals surface area contributed by atoms with Crippen LogP contribution in [0.4, 0.5) is 4.39 Å². The summed E-state index contributed by atoms with van der Waals surface area (Å²) in [6.07, 6.45) is 7.44. The van der Waals surface area contributed by atoms with Crippen molar-refractivity contribution in [1.29, 1.82) is 0 Å². The second-order valence-corrected chi connectivity index (χ2v) is 5.81. The van der Waals surface area contributed by atoms with Gasteiger partial charge < -0.3 is 5.73 Å². The second kappa shape index (κ2) is 5.83. The summed E-state index contributed by atoms with van der Waals surface area (Å²) in [6.45, 7) is 3.88. The van der Waals surface area contributed by atoms with Crippen LogP contribution in [0.1, 0.15) is 61.3 Å². The highest BCUT2D eigenvalue weighted by Gasteiger charge is 2.19. The Morgan fingerprint density at radius 3 is 2.56 bits per heavy atom. The van der Waals surface area contributed by atoms with E-state index >= 15 is 0 Å². The Kier molecular flexibility index (Phi) is 4.39. The van der Waals surface area contributed by atoms with Crippen LogP contribution in [0.5, 0.6) is 0 Å². The molecule has 2 heteroatoms. The molecule has 0 aliphatic heterocycles. The molecule has 1 saturated carbocycles. The van der Waals surface area contributed by atoms with E-state index in [1.165, 1.54) is 25.7 Å². The Labute approximate surface area is 110 Å². The average molecular weight is 249 g/mol. The molecule has 1 aliphatic rings. The summed E-state index contributed by atoms with van der Waals surface area (Å²) in [5, 5.41) is 0. The van der Waals surface area contributed by atoms with Crippen molar-refractivity contribution >= 4 is 0 Å². The van der Waals surface area contributed by atoms with Gasteiger partial charge in [0.15, 0.2) is 0 Å². The summed E-state index contributed by atoms with van der Waals surface area (Å²) in [7, 11) is 0. The highest BCUT2D eigenvalue weighted by atomic mass is 19.1. The van der Waals surface area contributed by atoms with Gasteiger partial charge in [-0.3, -0.25) is 0 Å². The zero-order chi connectivity index (χ0) is 13.1. The Morgan fingerprint density at radius 1 is 1.28 bits per heavy atom. The predicted octanol–water partition coefficient (Wildman–Crippen LogP) is 4.41. The first kappa shape index (κ1) is 13.5. The largest absolute Gasteiger partial charge is 0.324 e. The third kappa shape index (κ3) is 3.11. The van der Waals surface area contributed by atoms with E-state index in [9.17, 15) is 4.39 Å². The van der Waals surface area contributed by atoms with Gasteiger partial charge in [0.25, 0.3) is 0 Å². The summed E-state index contributed by atoms with van der Waals surface area (Å²) >= 11 is 0. The highest BCUT2D eigenvalue weighted by Crippen LogP contribution is 2.32. The number of hydrogen-bond donors (Lipinski definition) is 1. The van der Waals surface area contributed by atoms with Crippen molar-refractivity contribution in [2.24, 2.45) is 11.7 Å². The summed E-state index contributed by atoms with van der Waals surface area (Å²) in [5.41, 5.74) is 8.87.